The Balaban J connectivity index is 2.36. The monoisotopic (exact) mass is 196 g/mol. The van der Waals surface area contributed by atoms with Gasteiger partial charge in [0, 0.05) is 0 Å². The van der Waals surface area contributed by atoms with Gasteiger partial charge in [0.25, 0.3) is 0 Å². The van der Waals surface area contributed by atoms with Crippen LogP contribution in [-0.4, -0.2) is 0 Å². The Labute approximate surface area is 91.7 Å². The van der Waals surface area contributed by atoms with Crippen molar-refractivity contribution in [3.8, 4) is 0 Å². The van der Waals surface area contributed by atoms with E-state index in [9.17, 15) is 0 Å². The fraction of sp³-hybridized carbons (Fsp3) is 0.200. The lowest BCUT2D eigenvalue weighted by Crippen LogP contribution is -1.95. The maximum atomic E-state index is 4.18. The third-order valence-electron chi connectivity index (χ3n) is 2.86. The van der Waals surface area contributed by atoms with Gasteiger partial charge >= 0.3 is 0 Å². The third kappa shape index (κ3) is 2.10. The topological polar surface area (TPSA) is 0 Å². The van der Waals surface area contributed by atoms with E-state index >= 15 is 0 Å². The maximum Gasteiger partial charge on any atom is -0.00287 e. The number of allylic oxidation sites excluding steroid dienone is 10. The van der Waals surface area contributed by atoms with Gasteiger partial charge in [-0.1, -0.05) is 49.6 Å². The zero-order valence-corrected chi connectivity index (χ0v) is 9.00. The van der Waals surface area contributed by atoms with Gasteiger partial charge < -0.3 is 0 Å². The molecule has 0 spiro atoms. The minimum Gasteiger partial charge on any atom is -0.0991 e. The Morgan fingerprint density at radius 1 is 1.20 bits per heavy atom. The molecule has 0 nitrogen and oxygen atoms in total. The van der Waals surface area contributed by atoms with Gasteiger partial charge in [0.1, 0.15) is 0 Å². The summed E-state index contributed by atoms with van der Waals surface area (Å²) >= 11 is 0. The SMILES string of the molecule is C=C/C=C1/C=CC2=C(CCC=C2)C(=C)C1. The van der Waals surface area contributed by atoms with Crippen molar-refractivity contribution >= 4 is 0 Å². The molecular weight excluding hydrogens is 180 g/mol. The lowest BCUT2D eigenvalue weighted by atomic mass is 9.91. The van der Waals surface area contributed by atoms with Crippen LogP contribution in [0.15, 0.2) is 71.9 Å². The van der Waals surface area contributed by atoms with Crippen LogP contribution in [0, 0.1) is 0 Å². The maximum absolute atomic E-state index is 4.18. The third-order valence-corrected chi connectivity index (χ3v) is 2.86. The van der Waals surface area contributed by atoms with Gasteiger partial charge in [0.2, 0.25) is 0 Å². The first-order valence-electron chi connectivity index (χ1n) is 5.39. The van der Waals surface area contributed by atoms with Crippen LogP contribution >= 0.6 is 0 Å². The highest BCUT2D eigenvalue weighted by atomic mass is 14.2. The molecule has 0 saturated heterocycles. The normalized spacial score (nSPS) is 22.9. The van der Waals surface area contributed by atoms with Crippen molar-refractivity contribution < 1.29 is 0 Å². The Morgan fingerprint density at radius 2 is 2.07 bits per heavy atom. The van der Waals surface area contributed by atoms with Crippen LogP contribution in [0.3, 0.4) is 0 Å². The lowest BCUT2D eigenvalue weighted by molar-refractivity contribution is 0.944. The summed E-state index contributed by atoms with van der Waals surface area (Å²) in [5.74, 6) is 0. The van der Waals surface area contributed by atoms with Crippen LogP contribution in [0.25, 0.3) is 0 Å². The van der Waals surface area contributed by atoms with E-state index < -0.39 is 0 Å². The Hall–Kier alpha value is -1.56. The van der Waals surface area contributed by atoms with Crippen molar-refractivity contribution in [2.24, 2.45) is 0 Å². The number of hydrogen-bond acceptors (Lipinski definition) is 0. The van der Waals surface area contributed by atoms with E-state index in [2.05, 4.69) is 43.5 Å². The summed E-state index contributed by atoms with van der Waals surface area (Å²) in [6.45, 7) is 7.92. The summed E-state index contributed by atoms with van der Waals surface area (Å²) in [7, 11) is 0. The van der Waals surface area contributed by atoms with Crippen LogP contribution < -0.4 is 0 Å². The van der Waals surface area contributed by atoms with E-state index in [1.54, 1.807) is 0 Å². The predicted molar refractivity (Wildman–Crippen MR) is 66.6 cm³/mol. The molecule has 0 atom stereocenters. The summed E-state index contributed by atoms with van der Waals surface area (Å²) < 4.78 is 0. The molecule has 0 saturated carbocycles. The van der Waals surface area contributed by atoms with Crippen molar-refractivity contribution in [2.45, 2.75) is 19.3 Å². The highest BCUT2D eigenvalue weighted by Gasteiger charge is 2.13. The van der Waals surface area contributed by atoms with Gasteiger partial charge in [-0.3, -0.25) is 0 Å². The van der Waals surface area contributed by atoms with Crippen LogP contribution in [-0.2, 0) is 0 Å². The standard InChI is InChI=1S/C15H16/c1-3-6-13-9-10-14-7-4-5-8-15(14)12(2)11-13/h3-4,6-7,9-10H,1-2,5,8,11H2/b13-6-. The number of hydrogen-bond donors (Lipinski definition) is 0. The van der Waals surface area contributed by atoms with Crippen molar-refractivity contribution in [3.63, 3.8) is 0 Å². The zero-order valence-electron chi connectivity index (χ0n) is 9.00. The molecule has 0 radical (unpaired) electrons. The van der Waals surface area contributed by atoms with Crippen LogP contribution in [0.2, 0.25) is 0 Å². The summed E-state index contributed by atoms with van der Waals surface area (Å²) in [6.07, 6.45) is 15.9. The summed E-state index contributed by atoms with van der Waals surface area (Å²) in [6, 6.07) is 0. The van der Waals surface area contributed by atoms with Crippen molar-refractivity contribution in [2.75, 3.05) is 0 Å². The van der Waals surface area contributed by atoms with E-state index in [1.807, 2.05) is 6.08 Å². The van der Waals surface area contributed by atoms with Gasteiger partial charge in [0.05, 0.1) is 0 Å². The molecule has 0 heterocycles. The molecular formula is C15H16. The number of rotatable bonds is 1. The first-order valence-corrected chi connectivity index (χ1v) is 5.39. The second-order valence-corrected chi connectivity index (χ2v) is 3.97. The van der Waals surface area contributed by atoms with Gasteiger partial charge in [-0.15, -0.1) is 0 Å². The first kappa shape index (κ1) is 9.97. The second-order valence-electron chi connectivity index (χ2n) is 3.97. The Bertz CT molecular complexity index is 411. The van der Waals surface area contributed by atoms with Gasteiger partial charge in [-0.05, 0) is 41.6 Å². The Kier molecular flexibility index (Phi) is 2.86. The van der Waals surface area contributed by atoms with E-state index in [0.29, 0.717) is 0 Å². The molecule has 0 amide bonds. The van der Waals surface area contributed by atoms with Gasteiger partial charge in [-0.2, -0.15) is 0 Å². The van der Waals surface area contributed by atoms with Crippen LogP contribution in [0.4, 0.5) is 0 Å². The van der Waals surface area contributed by atoms with Crippen molar-refractivity contribution in [3.05, 3.63) is 71.9 Å². The summed E-state index contributed by atoms with van der Waals surface area (Å²) in [5.41, 5.74) is 5.31. The first-order chi connectivity index (χ1) is 7.31. The molecule has 2 aliphatic rings. The molecule has 0 heteroatoms. The van der Waals surface area contributed by atoms with E-state index in [4.69, 9.17) is 0 Å². The van der Waals surface area contributed by atoms with Crippen LogP contribution in [0.5, 0.6) is 0 Å². The largest absolute Gasteiger partial charge is 0.0991 e. The predicted octanol–water partition coefficient (Wildman–Crippen LogP) is 4.26. The van der Waals surface area contributed by atoms with Crippen molar-refractivity contribution in [1.82, 2.24) is 0 Å². The zero-order chi connectivity index (χ0) is 10.7. The molecule has 0 aromatic rings. The average molecular weight is 196 g/mol. The fourth-order valence-corrected chi connectivity index (χ4v) is 2.09. The van der Waals surface area contributed by atoms with E-state index in [-0.39, 0.29) is 0 Å². The molecule has 0 unspecified atom stereocenters. The van der Waals surface area contributed by atoms with E-state index in [0.717, 1.165) is 19.3 Å². The minimum atomic E-state index is 0.954. The summed E-state index contributed by atoms with van der Waals surface area (Å²) in [5, 5.41) is 0. The van der Waals surface area contributed by atoms with E-state index in [1.165, 1.54) is 22.3 Å². The molecule has 76 valence electrons. The highest BCUT2D eigenvalue weighted by molar-refractivity contribution is 5.52. The average Bonchev–Trinajstić information content (AvgIpc) is 2.40. The smallest absolute Gasteiger partial charge is 0.00287 e. The van der Waals surface area contributed by atoms with Gasteiger partial charge in [-0.25, -0.2) is 0 Å². The molecule has 0 aromatic carbocycles. The van der Waals surface area contributed by atoms with Crippen LogP contribution in [0.1, 0.15) is 19.3 Å². The lowest BCUT2D eigenvalue weighted by Gasteiger charge is -2.14. The molecule has 0 N–H and O–H groups in total. The minimum absolute atomic E-state index is 0.954. The molecule has 2 aliphatic carbocycles. The quantitative estimate of drug-likeness (QED) is 0.587. The molecule has 0 fully saturated rings. The van der Waals surface area contributed by atoms with Crippen molar-refractivity contribution in [1.29, 1.82) is 0 Å². The fourth-order valence-electron chi connectivity index (χ4n) is 2.09. The molecule has 0 aromatic heterocycles. The molecule has 0 aliphatic heterocycles. The molecule has 15 heavy (non-hydrogen) atoms. The summed E-state index contributed by atoms with van der Waals surface area (Å²) in [4.78, 5) is 0. The highest BCUT2D eigenvalue weighted by Crippen LogP contribution is 2.32. The Morgan fingerprint density at radius 3 is 2.87 bits per heavy atom. The second kappa shape index (κ2) is 4.31. The molecule has 0 bridgehead atoms. The molecule has 2 rings (SSSR count). The van der Waals surface area contributed by atoms with Gasteiger partial charge in [0.15, 0.2) is 0 Å².